The summed E-state index contributed by atoms with van der Waals surface area (Å²) in [6, 6.07) is -0.710. The summed E-state index contributed by atoms with van der Waals surface area (Å²) in [6.45, 7) is 12.1. The van der Waals surface area contributed by atoms with Gasteiger partial charge in [0.05, 0.1) is 23.9 Å². The van der Waals surface area contributed by atoms with Crippen molar-refractivity contribution in [3.8, 4) is 0 Å². The second kappa shape index (κ2) is 10.4. The van der Waals surface area contributed by atoms with Gasteiger partial charge >= 0.3 is 13.1 Å². The molecule has 0 aliphatic carbocycles. The predicted octanol–water partition coefficient (Wildman–Crippen LogP) is 3.06. The van der Waals surface area contributed by atoms with Crippen molar-refractivity contribution in [2.24, 2.45) is 16.8 Å². The Kier molecular flexibility index (Phi) is 8.61. The molecule has 0 spiro atoms. The topological polar surface area (TPSA) is 140 Å². The van der Waals surface area contributed by atoms with E-state index in [1.54, 1.807) is 6.92 Å². The van der Waals surface area contributed by atoms with Gasteiger partial charge in [0.2, 0.25) is 5.91 Å². The minimum atomic E-state index is -1.46. The van der Waals surface area contributed by atoms with Crippen molar-refractivity contribution < 1.29 is 23.6 Å². The van der Waals surface area contributed by atoms with Gasteiger partial charge in [0.15, 0.2) is 5.54 Å². The minimum Gasteiger partial charge on any atom is -0.465 e. The second-order valence-electron chi connectivity index (χ2n) is 9.92. The lowest BCUT2D eigenvalue weighted by atomic mass is 9.78. The van der Waals surface area contributed by atoms with Crippen LogP contribution in [0, 0.1) is 5.92 Å². The maximum absolute atomic E-state index is 13.1. The van der Waals surface area contributed by atoms with Crippen LogP contribution in [0.5, 0.6) is 0 Å². The first-order valence-corrected chi connectivity index (χ1v) is 11.5. The Bertz CT molecular complexity index is 724. The van der Waals surface area contributed by atoms with Crippen LogP contribution in [0.4, 0.5) is 0 Å². The Labute approximate surface area is 191 Å². The molecule has 3 atom stereocenters. The van der Waals surface area contributed by atoms with Gasteiger partial charge in [0, 0.05) is 23.9 Å². The molecule has 2 aliphatic heterocycles. The zero-order valence-electron chi connectivity index (χ0n) is 20.3. The van der Waals surface area contributed by atoms with Crippen molar-refractivity contribution in [1.82, 2.24) is 4.90 Å². The predicted molar refractivity (Wildman–Crippen MR) is 122 cm³/mol. The molecule has 0 unspecified atom stereocenters. The maximum atomic E-state index is 13.1. The van der Waals surface area contributed by atoms with Crippen LogP contribution in [0.3, 0.4) is 0 Å². The van der Waals surface area contributed by atoms with E-state index in [0.29, 0.717) is 25.6 Å². The highest BCUT2D eigenvalue weighted by Crippen LogP contribution is 2.40. The molecule has 0 aromatic heterocycles. The summed E-state index contributed by atoms with van der Waals surface area (Å²) in [5, 5.41) is 3.91. The average molecular weight is 451 g/mol. The number of likely N-dealkylation sites (tertiary alicyclic amines) is 1. The fraction of sp³-hybridized carbons (Fsp3) is 0.905. The monoisotopic (exact) mass is 451 g/mol. The Morgan fingerprint density at radius 1 is 1.28 bits per heavy atom. The molecule has 0 radical (unpaired) electrons. The zero-order chi connectivity index (χ0) is 24.2. The summed E-state index contributed by atoms with van der Waals surface area (Å²) in [5.41, 5.74) is 12.8. The van der Waals surface area contributed by atoms with Crippen molar-refractivity contribution in [2.75, 3.05) is 19.7 Å². The summed E-state index contributed by atoms with van der Waals surface area (Å²) in [7, 11) is -0.353. The molecule has 32 heavy (non-hydrogen) atoms. The Hall–Kier alpha value is -1.81. The van der Waals surface area contributed by atoms with Crippen LogP contribution >= 0.6 is 0 Å². The number of amides is 1. The highest BCUT2D eigenvalue weighted by atomic mass is 16.7. The third-order valence-corrected chi connectivity index (χ3v) is 6.85. The SMILES string of the molecule is CCCCOC(=O)[C@]1(N=[N+]=[N-])CN(C(=O)[C@H](C)N)C[C@@H]1CCCB1OC(C)(C)C(C)(C)O1. The number of rotatable bonds is 10. The van der Waals surface area contributed by atoms with Crippen molar-refractivity contribution in [2.45, 2.75) is 96.3 Å². The van der Waals surface area contributed by atoms with E-state index >= 15 is 0 Å². The molecule has 0 aromatic carbocycles. The molecule has 0 saturated carbocycles. The van der Waals surface area contributed by atoms with Crippen LogP contribution in [-0.4, -0.2) is 66.4 Å². The van der Waals surface area contributed by atoms with Gasteiger partial charge in [-0.25, -0.2) is 0 Å². The molecule has 2 N–H and O–H groups in total. The van der Waals surface area contributed by atoms with Gasteiger partial charge in [-0.15, -0.1) is 0 Å². The Morgan fingerprint density at radius 2 is 1.91 bits per heavy atom. The summed E-state index contributed by atoms with van der Waals surface area (Å²) >= 11 is 0. The standard InChI is InChI=1S/C21H38BN5O5/c1-7-8-12-30-18(29)21(25-26-24)14-27(17(28)15(2)23)13-16(21)10-9-11-22-31-19(3,4)20(5,6)32-22/h15-16H,7-14,23H2,1-6H3/t15-,16-,21-/m0/s1. The number of hydrogen-bond acceptors (Lipinski definition) is 7. The van der Waals surface area contributed by atoms with E-state index in [2.05, 4.69) is 10.0 Å². The number of carbonyl (C=O) groups is 2. The number of carbonyl (C=O) groups excluding carboxylic acids is 2. The lowest BCUT2D eigenvalue weighted by Gasteiger charge is -2.32. The van der Waals surface area contributed by atoms with Crippen LogP contribution < -0.4 is 5.73 Å². The molecule has 0 bridgehead atoms. The first-order chi connectivity index (χ1) is 14.9. The molecule has 10 nitrogen and oxygen atoms in total. The van der Waals surface area contributed by atoms with Gasteiger partial charge in [0.1, 0.15) is 0 Å². The molecule has 2 saturated heterocycles. The fourth-order valence-corrected chi connectivity index (χ4v) is 4.20. The van der Waals surface area contributed by atoms with Gasteiger partial charge in [-0.1, -0.05) is 24.9 Å². The minimum absolute atomic E-state index is 0.0243. The van der Waals surface area contributed by atoms with Crippen molar-refractivity contribution in [3.63, 3.8) is 0 Å². The number of azide groups is 1. The second-order valence-corrected chi connectivity index (χ2v) is 9.92. The van der Waals surface area contributed by atoms with E-state index in [1.807, 2.05) is 34.6 Å². The van der Waals surface area contributed by atoms with Crippen LogP contribution in [0.1, 0.15) is 67.2 Å². The number of unbranched alkanes of at least 4 members (excludes halogenated alkanes) is 1. The molecule has 0 aromatic rings. The highest BCUT2D eigenvalue weighted by Gasteiger charge is 2.55. The van der Waals surface area contributed by atoms with E-state index in [1.165, 1.54) is 4.90 Å². The quantitative estimate of drug-likeness (QED) is 0.135. The molecule has 180 valence electrons. The van der Waals surface area contributed by atoms with Gasteiger partial charge < -0.3 is 24.7 Å². The van der Waals surface area contributed by atoms with Crippen molar-refractivity contribution >= 4 is 19.0 Å². The first kappa shape index (κ1) is 26.4. The third-order valence-electron chi connectivity index (χ3n) is 6.85. The number of nitrogens with two attached hydrogens (primary N) is 1. The van der Waals surface area contributed by atoms with Gasteiger partial charge in [-0.3, -0.25) is 9.59 Å². The first-order valence-electron chi connectivity index (χ1n) is 11.5. The smallest absolute Gasteiger partial charge is 0.457 e. The number of hydrogen-bond donors (Lipinski definition) is 1. The summed E-state index contributed by atoms with van der Waals surface area (Å²) in [6.07, 6.45) is 3.44. The largest absolute Gasteiger partial charge is 0.465 e. The molecule has 2 aliphatic rings. The molecular weight excluding hydrogens is 413 g/mol. The van der Waals surface area contributed by atoms with E-state index in [9.17, 15) is 15.1 Å². The Morgan fingerprint density at radius 3 is 2.44 bits per heavy atom. The number of esters is 1. The maximum Gasteiger partial charge on any atom is 0.457 e. The third kappa shape index (κ3) is 5.57. The van der Waals surface area contributed by atoms with Crippen LogP contribution in [0.25, 0.3) is 10.4 Å². The van der Waals surface area contributed by atoms with Crippen molar-refractivity contribution in [1.29, 1.82) is 0 Å². The highest BCUT2D eigenvalue weighted by molar-refractivity contribution is 6.45. The normalized spacial score (nSPS) is 27.2. The number of nitrogens with zero attached hydrogens (tertiary/aromatic N) is 4. The van der Waals surface area contributed by atoms with Crippen LogP contribution in [0.2, 0.25) is 6.32 Å². The molecule has 2 fully saturated rings. The fourth-order valence-electron chi connectivity index (χ4n) is 4.20. The van der Waals surface area contributed by atoms with Crippen LogP contribution in [0.15, 0.2) is 5.11 Å². The molecule has 2 heterocycles. The van der Waals surface area contributed by atoms with E-state index in [0.717, 1.165) is 6.42 Å². The molecule has 11 heteroatoms. The zero-order valence-corrected chi connectivity index (χ0v) is 20.3. The van der Waals surface area contributed by atoms with E-state index in [-0.39, 0.29) is 38.6 Å². The summed E-state index contributed by atoms with van der Waals surface area (Å²) in [4.78, 5) is 30.1. The van der Waals surface area contributed by atoms with Crippen LogP contribution in [-0.2, 0) is 23.6 Å². The number of ether oxygens (including phenoxy) is 1. The molecular formula is C21H38BN5O5. The van der Waals surface area contributed by atoms with E-state index < -0.39 is 28.8 Å². The summed E-state index contributed by atoms with van der Waals surface area (Å²) in [5.74, 6) is -1.24. The average Bonchev–Trinajstić information content (AvgIpc) is 3.15. The van der Waals surface area contributed by atoms with E-state index in [4.69, 9.17) is 19.8 Å². The van der Waals surface area contributed by atoms with Gasteiger partial charge in [-0.05, 0) is 59.3 Å². The summed E-state index contributed by atoms with van der Waals surface area (Å²) < 4.78 is 17.6. The Balaban J connectivity index is 2.15. The molecule has 1 amide bonds. The lowest BCUT2D eigenvalue weighted by Crippen LogP contribution is -2.47. The van der Waals surface area contributed by atoms with Gasteiger partial charge in [-0.2, -0.15) is 0 Å². The van der Waals surface area contributed by atoms with Gasteiger partial charge in [0.25, 0.3) is 0 Å². The lowest BCUT2D eigenvalue weighted by molar-refractivity contribution is -0.151. The van der Waals surface area contributed by atoms with Crippen molar-refractivity contribution in [3.05, 3.63) is 10.4 Å². The molecule has 2 rings (SSSR count).